The number of carbonyl (C=O) groups is 2. The zero-order chi connectivity index (χ0) is 31.4. The SMILES string of the molecule is CS(=O)(=O)CC(=O)Nc1c2c(nn1-c1ccc(C(F)F)nn1)C[C@H](CCc1cccc(OCCCC(F)(F)F)c1)NC2=O. The summed E-state index contributed by atoms with van der Waals surface area (Å²) in [4.78, 5) is 25.7. The van der Waals surface area contributed by atoms with Crippen LogP contribution in [0.1, 0.15) is 53.0 Å². The Balaban J connectivity index is 1.50. The Kier molecular flexibility index (Phi) is 9.62. The van der Waals surface area contributed by atoms with Crippen molar-refractivity contribution in [1.29, 1.82) is 0 Å². The fourth-order valence-corrected chi connectivity index (χ4v) is 4.96. The van der Waals surface area contributed by atoms with Gasteiger partial charge < -0.3 is 15.4 Å². The van der Waals surface area contributed by atoms with E-state index in [1.807, 2.05) is 6.07 Å². The number of aryl methyl sites for hydroxylation is 1. The maximum Gasteiger partial charge on any atom is 0.389 e. The topological polar surface area (TPSA) is 145 Å². The number of alkyl halides is 5. The summed E-state index contributed by atoms with van der Waals surface area (Å²) in [5.41, 5.74) is 0.441. The highest BCUT2D eigenvalue weighted by molar-refractivity contribution is 7.91. The van der Waals surface area contributed by atoms with Gasteiger partial charge in [-0.25, -0.2) is 17.2 Å². The third kappa shape index (κ3) is 8.92. The minimum atomic E-state index is -4.25. The van der Waals surface area contributed by atoms with E-state index in [9.17, 15) is 40.0 Å². The molecule has 2 aromatic heterocycles. The van der Waals surface area contributed by atoms with Crippen molar-refractivity contribution < 1.29 is 44.7 Å². The van der Waals surface area contributed by atoms with Gasteiger partial charge in [-0.05, 0) is 49.1 Å². The molecule has 0 aliphatic carbocycles. The number of anilines is 1. The van der Waals surface area contributed by atoms with Crippen LogP contribution in [0.15, 0.2) is 36.4 Å². The van der Waals surface area contributed by atoms with Crippen molar-refractivity contribution in [1.82, 2.24) is 25.3 Å². The average molecular weight is 631 g/mol. The Hall–Kier alpha value is -4.15. The molecule has 4 rings (SSSR count). The quantitative estimate of drug-likeness (QED) is 0.228. The van der Waals surface area contributed by atoms with Gasteiger partial charge in [0, 0.05) is 25.1 Å². The van der Waals surface area contributed by atoms with Crippen LogP contribution in [0.4, 0.5) is 27.8 Å². The fourth-order valence-electron chi connectivity index (χ4n) is 4.41. The molecule has 17 heteroatoms. The Bertz CT molecular complexity index is 1580. The first-order valence-corrected chi connectivity index (χ1v) is 15.1. The molecule has 11 nitrogen and oxygen atoms in total. The fraction of sp³-hybridized carbons (Fsp3) is 0.423. The second kappa shape index (κ2) is 13.0. The molecule has 232 valence electrons. The van der Waals surface area contributed by atoms with Crippen molar-refractivity contribution in [3.63, 3.8) is 0 Å². The van der Waals surface area contributed by atoms with Crippen molar-refractivity contribution in [2.45, 2.75) is 50.7 Å². The number of rotatable bonds is 12. The molecule has 1 aromatic carbocycles. The van der Waals surface area contributed by atoms with E-state index in [0.29, 0.717) is 18.6 Å². The minimum Gasteiger partial charge on any atom is -0.494 e. The highest BCUT2D eigenvalue weighted by Gasteiger charge is 2.33. The number of amides is 2. The van der Waals surface area contributed by atoms with Crippen molar-refractivity contribution in [3.8, 4) is 11.6 Å². The standard InChI is InChI=1S/C26H27F5N6O5S/c1-43(40,41)14-21(38)33-24-22-19(36-37(24)20-9-8-18(23(27)28)34-35-20)13-16(32-25(22)39)7-6-15-4-2-5-17(12-15)42-11-3-10-26(29,30)31/h2,4-5,8-9,12,16,23H,3,6-7,10-11,13-14H2,1H3,(H,32,39)(H,33,38)/t16-/m0/s1. The number of sulfone groups is 1. The van der Waals surface area contributed by atoms with Crippen LogP contribution in [-0.4, -0.2) is 71.0 Å². The predicted molar refractivity (Wildman–Crippen MR) is 143 cm³/mol. The lowest BCUT2D eigenvalue weighted by Gasteiger charge is -2.23. The summed E-state index contributed by atoms with van der Waals surface area (Å²) in [6.07, 6.45) is -6.26. The number of nitrogens with zero attached hydrogens (tertiary/aromatic N) is 4. The van der Waals surface area contributed by atoms with Crippen molar-refractivity contribution in [2.75, 3.05) is 23.9 Å². The van der Waals surface area contributed by atoms with Crippen LogP contribution in [0.5, 0.6) is 5.75 Å². The number of hydrogen-bond donors (Lipinski definition) is 2. The maximum absolute atomic E-state index is 13.2. The van der Waals surface area contributed by atoms with E-state index in [-0.39, 0.29) is 42.3 Å². The van der Waals surface area contributed by atoms with Crippen LogP contribution in [0, 0.1) is 0 Å². The van der Waals surface area contributed by atoms with Crippen LogP contribution in [0.25, 0.3) is 5.82 Å². The summed E-state index contributed by atoms with van der Waals surface area (Å²) < 4.78 is 92.7. The molecule has 3 aromatic rings. The maximum atomic E-state index is 13.2. The number of ether oxygens (including phenoxy) is 1. The third-order valence-electron chi connectivity index (χ3n) is 6.28. The van der Waals surface area contributed by atoms with Gasteiger partial charge in [-0.3, -0.25) is 9.59 Å². The predicted octanol–water partition coefficient (Wildman–Crippen LogP) is 3.59. The van der Waals surface area contributed by atoms with Crippen LogP contribution in [0.2, 0.25) is 0 Å². The minimum absolute atomic E-state index is 0.0351. The number of benzene rings is 1. The zero-order valence-corrected chi connectivity index (χ0v) is 23.5. The summed E-state index contributed by atoms with van der Waals surface area (Å²) in [5.74, 6) is -2.29. The Morgan fingerprint density at radius 2 is 1.98 bits per heavy atom. The lowest BCUT2D eigenvalue weighted by atomic mass is 9.96. The van der Waals surface area contributed by atoms with Gasteiger partial charge >= 0.3 is 6.18 Å². The molecular formula is C26H27F5N6O5S. The number of halogens is 5. The van der Waals surface area contributed by atoms with E-state index in [1.54, 1.807) is 18.2 Å². The van der Waals surface area contributed by atoms with Gasteiger partial charge in [-0.15, -0.1) is 10.2 Å². The van der Waals surface area contributed by atoms with Crippen molar-refractivity contribution >= 4 is 27.5 Å². The van der Waals surface area contributed by atoms with Crippen LogP contribution < -0.4 is 15.4 Å². The van der Waals surface area contributed by atoms with E-state index in [2.05, 4.69) is 25.9 Å². The van der Waals surface area contributed by atoms with E-state index in [4.69, 9.17) is 4.74 Å². The van der Waals surface area contributed by atoms with Gasteiger partial charge in [-0.2, -0.15) is 23.0 Å². The summed E-state index contributed by atoms with van der Waals surface area (Å²) in [7, 11) is -3.72. The summed E-state index contributed by atoms with van der Waals surface area (Å²) in [6, 6.07) is 8.62. The molecule has 0 spiro atoms. The second-order valence-corrected chi connectivity index (χ2v) is 12.1. The summed E-state index contributed by atoms with van der Waals surface area (Å²) in [6.45, 7) is -0.0919. The van der Waals surface area contributed by atoms with E-state index >= 15 is 0 Å². The number of hydrogen-bond acceptors (Lipinski definition) is 8. The lowest BCUT2D eigenvalue weighted by Crippen LogP contribution is -2.41. The van der Waals surface area contributed by atoms with E-state index in [0.717, 1.165) is 22.6 Å². The van der Waals surface area contributed by atoms with Crippen LogP contribution in [-0.2, 0) is 27.5 Å². The van der Waals surface area contributed by atoms with Gasteiger partial charge in [-0.1, -0.05) is 12.1 Å². The molecule has 2 amide bonds. The third-order valence-corrected chi connectivity index (χ3v) is 7.06. The first-order valence-electron chi connectivity index (χ1n) is 13.0. The monoisotopic (exact) mass is 630 g/mol. The molecule has 1 aliphatic rings. The average Bonchev–Trinajstić information content (AvgIpc) is 3.27. The summed E-state index contributed by atoms with van der Waals surface area (Å²) in [5, 5.41) is 16.8. The molecular weight excluding hydrogens is 603 g/mol. The Morgan fingerprint density at radius 3 is 2.63 bits per heavy atom. The molecule has 1 atom stereocenters. The van der Waals surface area contributed by atoms with Gasteiger partial charge in [0.15, 0.2) is 21.5 Å². The number of nitrogens with one attached hydrogen (secondary N) is 2. The molecule has 1 aliphatic heterocycles. The smallest absolute Gasteiger partial charge is 0.389 e. The first-order chi connectivity index (χ1) is 20.2. The number of carbonyl (C=O) groups excluding carboxylic acids is 2. The highest BCUT2D eigenvalue weighted by atomic mass is 32.2. The number of fused-ring (bicyclic) bond motifs is 1. The van der Waals surface area contributed by atoms with Crippen LogP contribution in [0.3, 0.4) is 0 Å². The van der Waals surface area contributed by atoms with E-state index < -0.39 is 58.2 Å². The van der Waals surface area contributed by atoms with Gasteiger partial charge in [0.05, 0.1) is 12.3 Å². The summed E-state index contributed by atoms with van der Waals surface area (Å²) >= 11 is 0. The molecule has 0 fully saturated rings. The molecule has 43 heavy (non-hydrogen) atoms. The van der Waals surface area contributed by atoms with Gasteiger partial charge in [0.2, 0.25) is 5.91 Å². The molecule has 0 bridgehead atoms. The zero-order valence-electron chi connectivity index (χ0n) is 22.7. The van der Waals surface area contributed by atoms with Gasteiger partial charge in [0.1, 0.15) is 22.8 Å². The van der Waals surface area contributed by atoms with E-state index in [1.165, 1.54) is 6.07 Å². The van der Waals surface area contributed by atoms with Crippen molar-refractivity contribution in [3.05, 3.63) is 58.9 Å². The molecule has 2 N–H and O–H groups in total. The molecule has 0 saturated carbocycles. The Labute approximate surface area is 242 Å². The molecule has 0 unspecified atom stereocenters. The number of aromatic nitrogens is 4. The second-order valence-electron chi connectivity index (χ2n) is 9.95. The first kappa shape index (κ1) is 31.8. The van der Waals surface area contributed by atoms with Gasteiger partial charge in [0.25, 0.3) is 12.3 Å². The molecule has 0 radical (unpaired) electrons. The largest absolute Gasteiger partial charge is 0.494 e. The molecule has 0 saturated heterocycles. The molecule has 3 heterocycles. The lowest BCUT2D eigenvalue weighted by molar-refractivity contribution is -0.136. The Morgan fingerprint density at radius 1 is 1.21 bits per heavy atom. The van der Waals surface area contributed by atoms with Crippen LogP contribution >= 0.6 is 0 Å². The highest BCUT2D eigenvalue weighted by Crippen LogP contribution is 2.29. The van der Waals surface area contributed by atoms with Crippen molar-refractivity contribution in [2.24, 2.45) is 0 Å². The normalized spacial score (nSPS) is 15.2.